The summed E-state index contributed by atoms with van der Waals surface area (Å²) in [5.41, 5.74) is 4.04. The number of hydrogen-bond acceptors (Lipinski definition) is 2. The van der Waals surface area contributed by atoms with Crippen molar-refractivity contribution in [2.75, 3.05) is 23.8 Å². The Bertz CT molecular complexity index is 371. The van der Waals surface area contributed by atoms with Crippen LogP contribution in [0.4, 0.5) is 11.4 Å². The predicted molar refractivity (Wildman–Crippen MR) is 71.5 cm³/mol. The Labute approximate surface area is 98.7 Å². The van der Waals surface area contributed by atoms with Crippen LogP contribution >= 0.6 is 0 Å². The van der Waals surface area contributed by atoms with Crippen LogP contribution in [0.3, 0.4) is 0 Å². The van der Waals surface area contributed by atoms with Crippen LogP contribution in [0.15, 0.2) is 18.2 Å². The Kier molecular flexibility index (Phi) is 3.08. The smallest absolute Gasteiger partial charge is 0.0602 e. The van der Waals surface area contributed by atoms with Crippen molar-refractivity contribution in [3.8, 4) is 0 Å². The molecule has 1 heterocycles. The standard InChI is InChI=1S/C14H22N2/c1-5-12-9-15-13-8-11(10(2)3)6-7-14(13)16(12)4/h6-8,10,12,15H,5,9H2,1-4H3. The fraction of sp³-hybridized carbons (Fsp3) is 0.571. The van der Waals surface area contributed by atoms with Crippen molar-refractivity contribution >= 4 is 11.4 Å². The minimum Gasteiger partial charge on any atom is -0.381 e. The Balaban J connectivity index is 2.33. The second-order valence-electron chi connectivity index (χ2n) is 4.99. The molecule has 0 saturated carbocycles. The first kappa shape index (κ1) is 11.3. The van der Waals surface area contributed by atoms with Crippen molar-refractivity contribution in [2.45, 2.75) is 39.2 Å². The molecule has 2 heteroatoms. The third-order valence-electron chi connectivity index (χ3n) is 3.61. The van der Waals surface area contributed by atoms with E-state index in [1.807, 2.05) is 0 Å². The topological polar surface area (TPSA) is 15.3 Å². The van der Waals surface area contributed by atoms with E-state index in [2.05, 4.69) is 56.2 Å². The van der Waals surface area contributed by atoms with Gasteiger partial charge in [-0.1, -0.05) is 26.8 Å². The average Bonchev–Trinajstić information content (AvgIpc) is 2.29. The molecule has 0 fully saturated rings. The number of anilines is 2. The number of nitrogens with one attached hydrogen (secondary N) is 1. The summed E-state index contributed by atoms with van der Waals surface area (Å²) in [6, 6.07) is 7.42. The summed E-state index contributed by atoms with van der Waals surface area (Å²) in [4.78, 5) is 2.40. The summed E-state index contributed by atoms with van der Waals surface area (Å²) in [5.74, 6) is 0.598. The van der Waals surface area contributed by atoms with Crippen molar-refractivity contribution in [1.82, 2.24) is 0 Å². The van der Waals surface area contributed by atoms with Gasteiger partial charge in [0.15, 0.2) is 0 Å². The molecule has 1 aliphatic rings. The van der Waals surface area contributed by atoms with Crippen molar-refractivity contribution in [1.29, 1.82) is 0 Å². The number of likely N-dealkylation sites (N-methyl/N-ethyl adjacent to an activating group) is 1. The van der Waals surface area contributed by atoms with Crippen molar-refractivity contribution < 1.29 is 0 Å². The first-order valence-electron chi connectivity index (χ1n) is 6.24. The zero-order chi connectivity index (χ0) is 11.7. The van der Waals surface area contributed by atoms with Gasteiger partial charge in [0.05, 0.1) is 11.4 Å². The minimum atomic E-state index is 0.598. The second kappa shape index (κ2) is 4.36. The van der Waals surface area contributed by atoms with E-state index < -0.39 is 0 Å². The van der Waals surface area contributed by atoms with Gasteiger partial charge in [-0.15, -0.1) is 0 Å². The predicted octanol–water partition coefficient (Wildman–Crippen LogP) is 3.45. The summed E-state index contributed by atoms with van der Waals surface area (Å²) in [6.45, 7) is 7.78. The van der Waals surface area contributed by atoms with Crippen LogP contribution < -0.4 is 10.2 Å². The molecule has 0 spiro atoms. The molecule has 1 aromatic carbocycles. The quantitative estimate of drug-likeness (QED) is 0.818. The van der Waals surface area contributed by atoms with Crippen LogP contribution in [-0.4, -0.2) is 19.6 Å². The second-order valence-corrected chi connectivity index (χ2v) is 4.99. The van der Waals surface area contributed by atoms with Crippen molar-refractivity contribution in [3.05, 3.63) is 23.8 Å². The molecule has 0 radical (unpaired) electrons. The third-order valence-corrected chi connectivity index (χ3v) is 3.61. The van der Waals surface area contributed by atoms with E-state index >= 15 is 0 Å². The van der Waals surface area contributed by atoms with E-state index in [0.29, 0.717) is 12.0 Å². The van der Waals surface area contributed by atoms with Gasteiger partial charge in [0.2, 0.25) is 0 Å². The highest BCUT2D eigenvalue weighted by atomic mass is 15.2. The summed E-state index contributed by atoms with van der Waals surface area (Å²) < 4.78 is 0. The molecule has 1 atom stereocenters. The van der Waals surface area contributed by atoms with E-state index in [4.69, 9.17) is 0 Å². The minimum absolute atomic E-state index is 0.598. The summed E-state index contributed by atoms with van der Waals surface area (Å²) in [6.07, 6.45) is 1.19. The fourth-order valence-electron chi connectivity index (χ4n) is 2.34. The van der Waals surface area contributed by atoms with E-state index in [-0.39, 0.29) is 0 Å². The van der Waals surface area contributed by atoms with Gasteiger partial charge in [-0.2, -0.15) is 0 Å². The van der Waals surface area contributed by atoms with Gasteiger partial charge in [0.1, 0.15) is 0 Å². The lowest BCUT2D eigenvalue weighted by molar-refractivity contribution is 0.622. The highest BCUT2D eigenvalue weighted by Gasteiger charge is 2.21. The SMILES string of the molecule is CCC1CNc2cc(C(C)C)ccc2N1C. The molecule has 16 heavy (non-hydrogen) atoms. The van der Waals surface area contributed by atoms with Gasteiger partial charge in [-0.25, -0.2) is 0 Å². The van der Waals surface area contributed by atoms with Crippen LogP contribution in [0.25, 0.3) is 0 Å². The Hall–Kier alpha value is -1.18. The maximum absolute atomic E-state index is 3.55. The molecule has 0 aromatic heterocycles. The molecule has 1 unspecified atom stereocenters. The van der Waals surface area contributed by atoms with E-state index in [9.17, 15) is 0 Å². The molecule has 1 aromatic rings. The van der Waals surface area contributed by atoms with Gasteiger partial charge in [-0.05, 0) is 30.0 Å². The summed E-state index contributed by atoms with van der Waals surface area (Å²) in [7, 11) is 2.20. The zero-order valence-corrected chi connectivity index (χ0v) is 10.7. The van der Waals surface area contributed by atoms with Crippen molar-refractivity contribution in [3.63, 3.8) is 0 Å². The molecule has 0 saturated heterocycles. The summed E-state index contributed by atoms with van der Waals surface area (Å²) in [5, 5.41) is 3.55. The maximum Gasteiger partial charge on any atom is 0.0602 e. The van der Waals surface area contributed by atoms with Crippen LogP contribution in [0.2, 0.25) is 0 Å². The van der Waals surface area contributed by atoms with Gasteiger partial charge in [0, 0.05) is 19.6 Å². The first-order chi connectivity index (χ1) is 7.63. The molecule has 0 bridgehead atoms. The Morgan fingerprint density at radius 1 is 1.44 bits per heavy atom. The van der Waals surface area contributed by atoms with Crippen LogP contribution in [0, 0.1) is 0 Å². The molecular weight excluding hydrogens is 196 g/mol. The van der Waals surface area contributed by atoms with Crippen LogP contribution in [0.1, 0.15) is 38.7 Å². The Morgan fingerprint density at radius 2 is 2.19 bits per heavy atom. The largest absolute Gasteiger partial charge is 0.381 e. The average molecular weight is 218 g/mol. The van der Waals surface area contributed by atoms with Gasteiger partial charge in [0.25, 0.3) is 0 Å². The Morgan fingerprint density at radius 3 is 2.81 bits per heavy atom. The van der Waals surface area contributed by atoms with Gasteiger partial charge >= 0.3 is 0 Å². The molecule has 88 valence electrons. The van der Waals surface area contributed by atoms with Crippen LogP contribution in [0.5, 0.6) is 0 Å². The normalized spacial score (nSPS) is 19.6. The van der Waals surface area contributed by atoms with Gasteiger partial charge < -0.3 is 10.2 Å². The molecule has 1 aliphatic heterocycles. The molecule has 1 N–H and O–H groups in total. The van der Waals surface area contributed by atoms with E-state index in [0.717, 1.165) is 6.54 Å². The molecular formula is C14H22N2. The number of fused-ring (bicyclic) bond motifs is 1. The first-order valence-corrected chi connectivity index (χ1v) is 6.24. The maximum atomic E-state index is 3.55. The highest BCUT2D eigenvalue weighted by molar-refractivity contribution is 5.73. The van der Waals surface area contributed by atoms with E-state index in [1.165, 1.54) is 23.4 Å². The molecule has 0 aliphatic carbocycles. The number of rotatable bonds is 2. The molecule has 2 nitrogen and oxygen atoms in total. The number of hydrogen-bond donors (Lipinski definition) is 1. The van der Waals surface area contributed by atoms with Gasteiger partial charge in [-0.3, -0.25) is 0 Å². The lowest BCUT2D eigenvalue weighted by atomic mass is 9.99. The summed E-state index contributed by atoms with van der Waals surface area (Å²) >= 11 is 0. The highest BCUT2D eigenvalue weighted by Crippen LogP contribution is 2.33. The number of nitrogens with zero attached hydrogens (tertiary/aromatic N) is 1. The monoisotopic (exact) mass is 218 g/mol. The van der Waals surface area contributed by atoms with Crippen molar-refractivity contribution in [2.24, 2.45) is 0 Å². The van der Waals surface area contributed by atoms with Crippen LogP contribution in [-0.2, 0) is 0 Å². The number of benzene rings is 1. The van der Waals surface area contributed by atoms with E-state index in [1.54, 1.807) is 0 Å². The lowest BCUT2D eigenvalue weighted by Gasteiger charge is -2.36. The fourth-order valence-corrected chi connectivity index (χ4v) is 2.34. The third kappa shape index (κ3) is 1.89. The molecule has 2 rings (SSSR count). The molecule has 0 amide bonds. The lowest BCUT2D eigenvalue weighted by Crippen LogP contribution is -2.40. The zero-order valence-electron chi connectivity index (χ0n) is 10.7.